The highest BCUT2D eigenvalue weighted by molar-refractivity contribution is 8.05. The maximum atomic E-state index is 2.41. The summed E-state index contributed by atoms with van der Waals surface area (Å²) in [5.41, 5.74) is 3.57. The van der Waals surface area contributed by atoms with Crippen molar-refractivity contribution in [2.24, 2.45) is 0 Å². The summed E-state index contributed by atoms with van der Waals surface area (Å²) >= 11 is 3.73. The van der Waals surface area contributed by atoms with Gasteiger partial charge in [-0.1, -0.05) is 96.3 Å². The zero-order valence-corrected chi connectivity index (χ0v) is 18.4. The normalized spacial score (nSPS) is 12.3. The van der Waals surface area contributed by atoms with Crippen LogP contribution in [0.3, 0.4) is 0 Å². The van der Waals surface area contributed by atoms with Gasteiger partial charge in [-0.05, 0) is 47.9 Å². The highest BCUT2D eigenvalue weighted by atomic mass is 32.2. The Bertz CT molecular complexity index is 1390. The minimum absolute atomic E-state index is 1.16. The van der Waals surface area contributed by atoms with E-state index in [0.717, 1.165) is 5.69 Å². The summed E-state index contributed by atoms with van der Waals surface area (Å²) in [6.45, 7) is 0. The summed E-state index contributed by atoms with van der Waals surface area (Å²) < 4.78 is 0. The van der Waals surface area contributed by atoms with Crippen LogP contribution in [0.15, 0.2) is 135 Å². The molecule has 0 unspecified atom stereocenters. The van der Waals surface area contributed by atoms with Gasteiger partial charge in [-0.25, -0.2) is 0 Å². The second-order valence-corrected chi connectivity index (χ2v) is 9.56. The van der Waals surface area contributed by atoms with Crippen LogP contribution in [0, 0.1) is 0 Å². The van der Waals surface area contributed by atoms with Crippen LogP contribution in [0.25, 0.3) is 10.8 Å². The van der Waals surface area contributed by atoms with E-state index in [9.17, 15) is 0 Å². The zero-order chi connectivity index (χ0) is 20.6. The molecule has 148 valence electrons. The first-order valence-electron chi connectivity index (χ1n) is 10.3. The van der Waals surface area contributed by atoms with Crippen LogP contribution in [0.2, 0.25) is 0 Å². The third-order valence-electron chi connectivity index (χ3n) is 5.50. The van der Waals surface area contributed by atoms with Gasteiger partial charge in [-0.2, -0.15) is 0 Å². The third-order valence-corrected chi connectivity index (χ3v) is 8.11. The Morgan fingerprint density at radius 1 is 0.452 bits per heavy atom. The van der Waals surface area contributed by atoms with Crippen molar-refractivity contribution in [2.75, 3.05) is 4.90 Å². The minimum atomic E-state index is 1.16. The largest absolute Gasteiger partial charge is 0.309 e. The fraction of sp³-hybridized carbons (Fsp3) is 0. The highest BCUT2D eigenvalue weighted by Gasteiger charge is 2.24. The first-order chi connectivity index (χ1) is 15.4. The van der Waals surface area contributed by atoms with E-state index in [1.165, 1.54) is 41.7 Å². The molecule has 0 spiro atoms. The minimum Gasteiger partial charge on any atom is -0.309 e. The van der Waals surface area contributed by atoms with Gasteiger partial charge in [0.1, 0.15) is 0 Å². The molecule has 0 saturated heterocycles. The molecule has 0 aliphatic carbocycles. The summed E-state index contributed by atoms with van der Waals surface area (Å²) in [4.78, 5) is 7.67. The van der Waals surface area contributed by atoms with E-state index >= 15 is 0 Å². The van der Waals surface area contributed by atoms with Crippen molar-refractivity contribution in [1.29, 1.82) is 0 Å². The molecule has 5 aromatic rings. The van der Waals surface area contributed by atoms with Gasteiger partial charge in [0.2, 0.25) is 0 Å². The SMILES string of the molecule is c1ccc(N(c2cccc3c2Sc2ccccc2S3)c2cccc3ccccc23)cc1. The number of para-hydroxylation sites is 1. The lowest BCUT2D eigenvalue weighted by molar-refractivity contribution is 1.12. The summed E-state index contributed by atoms with van der Waals surface area (Å²) in [6, 6.07) is 41.2. The topological polar surface area (TPSA) is 3.24 Å². The summed E-state index contributed by atoms with van der Waals surface area (Å²) in [6.07, 6.45) is 0. The second kappa shape index (κ2) is 7.84. The first-order valence-corrected chi connectivity index (χ1v) is 11.9. The Kier molecular flexibility index (Phi) is 4.71. The van der Waals surface area contributed by atoms with E-state index in [4.69, 9.17) is 0 Å². The van der Waals surface area contributed by atoms with Crippen LogP contribution in [-0.4, -0.2) is 0 Å². The Hall–Kier alpha value is -3.14. The molecule has 1 nitrogen and oxygen atoms in total. The molecule has 0 bridgehead atoms. The van der Waals surface area contributed by atoms with Crippen molar-refractivity contribution >= 4 is 51.4 Å². The van der Waals surface area contributed by atoms with E-state index < -0.39 is 0 Å². The van der Waals surface area contributed by atoms with Crippen LogP contribution in [0.5, 0.6) is 0 Å². The number of anilines is 3. The molecular weight excluding hydrogens is 414 g/mol. The molecule has 0 atom stereocenters. The van der Waals surface area contributed by atoms with Crippen LogP contribution in [-0.2, 0) is 0 Å². The Morgan fingerprint density at radius 2 is 1.06 bits per heavy atom. The average molecular weight is 434 g/mol. The fourth-order valence-electron chi connectivity index (χ4n) is 4.10. The lowest BCUT2D eigenvalue weighted by Crippen LogP contribution is -2.12. The van der Waals surface area contributed by atoms with E-state index in [1.807, 2.05) is 23.5 Å². The highest BCUT2D eigenvalue weighted by Crippen LogP contribution is 2.54. The van der Waals surface area contributed by atoms with E-state index in [1.54, 1.807) is 0 Å². The van der Waals surface area contributed by atoms with Crippen molar-refractivity contribution in [2.45, 2.75) is 19.6 Å². The molecule has 1 heterocycles. The molecular formula is C28H19NS2. The lowest BCUT2D eigenvalue weighted by Gasteiger charge is -2.30. The quantitative estimate of drug-likeness (QED) is 0.274. The molecule has 31 heavy (non-hydrogen) atoms. The maximum absolute atomic E-state index is 2.41. The van der Waals surface area contributed by atoms with Gasteiger partial charge >= 0.3 is 0 Å². The monoisotopic (exact) mass is 433 g/mol. The predicted molar refractivity (Wildman–Crippen MR) is 133 cm³/mol. The van der Waals surface area contributed by atoms with E-state index in [0.29, 0.717) is 0 Å². The zero-order valence-electron chi connectivity index (χ0n) is 16.7. The molecule has 0 N–H and O–H groups in total. The van der Waals surface area contributed by atoms with Crippen LogP contribution >= 0.6 is 23.5 Å². The molecule has 1 aliphatic rings. The molecule has 5 aromatic carbocycles. The fourth-order valence-corrected chi connectivity index (χ4v) is 6.46. The van der Waals surface area contributed by atoms with Gasteiger partial charge < -0.3 is 4.90 Å². The van der Waals surface area contributed by atoms with E-state index in [2.05, 4.69) is 120 Å². The van der Waals surface area contributed by atoms with Crippen molar-refractivity contribution in [1.82, 2.24) is 0 Å². The molecule has 0 saturated carbocycles. The maximum Gasteiger partial charge on any atom is 0.0612 e. The van der Waals surface area contributed by atoms with Crippen LogP contribution in [0.1, 0.15) is 0 Å². The number of benzene rings is 5. The number of nitrogens with zero attached hydrogens (tertiary/aromatic N) is 1. The van der Waals surface area contributed by atoms with E-state index in [-0.39, 0.29) is 0 Å². The summed E-state index contributed by atoms with van der Waals surface area (Å²) in [7, 11) is 0. The van der Waals surface area contributed by atoms with Crippen molar-refractivity contribution in [3.63, 3.8) is 0 Å². The van der Waals surface area contributed by atoms with Gasteiger partial charge in [0, 0.05) is 25.8 Å². The number of rotatable bonds is 3. The number of hydrogen-bond donors (Lipinski definition) is 0. The van der Waals surface area contributed by atoms with Gasteiger partial charge in [-0.15, -0.1) is 0 Å². The van der Waals surface area contributed by atoms with Crippen molar-refractivity contribution in [3.05, 3.63) is 115 Å². The number of hydrogen-bond acceptors (Lipinski definition) is 3. The molecule has 3 heteroatoms. The van der Waals surface area contributed by atoms with Crippen molar-refractivity contribution < 1.29 is 0 Å². The van der Waals surface area contributed by atoms with Crippen molar-refractivity contribution in [3.8, 4) is 0 Å². The Labute approximate surface area is 190 Å². The van der Waals surface area contributed by atoms with Crippen LogP contribution < -0.4 is 4.90 Å². The smallest absolute Gasteiger partial charge is 0.0612 e. The molecule has 0 amide bonds. The first kappa shape index (κ1) is 18.6. The van der Waals surface area contributed by atoms with Gasteiger partial charge in [0.05, 0.1) is 16.3 Å². The number of fused-ring (bicyclic) bond motifs is 3. The summed E-state index contributed by atoms with van der Waals surface area (Å²) in [5.74, 6) is 0. The van der Waals surface area contributed by atoms with Gasteiger partial charge in [0.15, 0.2) is 0 Å². The lowest BCUT2D eigenvalue weighted by atomic mass is 10.1. The Morgan fingerprint density at radius 3 is 1.94 bits per heavy atom. The molecule has 0 aromatic heterocycles. The molecule has 1 aliphatic heterocycles. The second-order valence-electron chi connectivity index (χ2n) is 7.42. The predicted octanol–water partition coefficient (Wildman–Crippen LogP) is 8.93. The van der Waals surface area contributed by atoms with Gasteiger partial charge in [-0.3, -0.25) is 0 Å². The average Bonchev–Trinajstić information content (AvgIpc) is 2.84. The standard InChI is InChI=1S/C28H19NS2/c1-2-12-21(13-3-1)29(23-15-8-11-20-10-4-5-14-22(20)23)24-16-9-19-27-28(24)31-26-18-7-6-17-25(26)30-27/h1-19H. The third kappa shape index (κ3) is 3.31. The Balaban J connectivity index is 1.60. The van der Waals surface area contributed by atoms with Crippen LogP contribution in [0.4, 0.5) is 17.1 Å². The summed E-state index contributed by atoms with van der Waals surface area (Å²) in [5, 5.41) is 2.50. The van der Waals surface area contributed by atoms with Gasteiger partial charge in [0.25, 0.3) is 0 Å². The molecule has 0 radical (unpaired) electrons. The molecule has 0 fully saturated rings. The molecule has 6 rings (SSSR count).